The molecule has 2 bridgehead atoms. The number of para-hydroxylation sites is 2. The maximum Gasteiger partial charge on any atom is 0.255 e. The highest BCUT2D eigenvalue weighted by Crippen LogP contribution is 2.39. The highest BCUT2D eigenvalue weighted by Gasteiger charge is 2.46. The fourth-order valence-corrected chi connectivity index (χ4v) is 7.49. The predicted octanol–water partition coefficient (Wildman–Crippen LogP) is 6.07. The van der Waals surface area contributed by atoms with Gasteiger partial charge in [0.05, 0.1) is 44.4 Å². The number of aryl methyl sites for hydroxylation is 2. The average molecular weight is 524 g/mol. The van der Waals surface area contributed by atoms with Crippen LogP contribution in [0.25, 0.3) is 0 Å². The summed E-state index contributed by atoms with van der Waals surface area (Å²) in [6, 6.07) is 21.0. The first-order valence-electron chi connectivity index (χ1n) is 14.9. The molecule has 3 aromatic carbocycles. The minimum Gasteiger partial charge on any atom is -0.493 e. The van der Waals surface area contributed by atoms with Gasteiger partial charge in [-0.2, -0.15) is 0 Å². The fraction of sp³-hybridized carbons (Fsp3) is 0.441. The quantitative estimate of drug-likeness (QED) is 0.236. The van der Waals surface area contributed by atoms with Crippen molar-refractivity contribution in [3.05, 3.63) is 88.5 Å². The van der Waals surface area contributed by atoms with E-state index < -0.39 is 0 Å². The Morgan fingerprint density at radius 2 is 1.74 bits per heavy atom. The smallest absolute Gasteiger partial charge is 0.255 e. The van der Waals surface area contributed by atoms with Crippen molar-refractivity contribution in [1.29, 1.82) is 0 Å². The van der Waals surface area contributed by atoms with Crippen molar-refractivity contribution in [2.45, 2.75) is 57.4 Å². The summed E-state index contributed by atoms with van der Waals surface area (Å²) < 4.78 is 13.6. The van der Waals surface area contributed by atoms with Crippen molar-refractivity contribution in [2.75, 3.05) is 32.8 Å². The molecule has 0 spiro atoms. The molecule has 4 aliphatic heterocycles. The Labute approximate surface area is 231 Å². The number of nitrogens with zero attached hydrogens (tertiary/aromatic N) is 1. The van der Waals surface area contributed by atoms with Gasteiger partial charge >= 0.3 is 0 Å². The summed E-state index contributed by atoms with van der Waals surface area (Å²) in [7, 11) is 0. The molecule has 5 aliphatic rings. The van der Waals surface area contributed by atoms with Gasteiger partial charge in [0.15, 0.2) is 0 Å². The molecule has 202 valence electrons. The Morgan fingerprint density at radius 3 is 2.64 bits per heavy atom. The SMILES string of the molecule is O=C(N[C@@H]1C[N+]2(CCCOc3ccc4c(c3)CCCC4)CCC1CC2)c1cccc2c1Oc1ccccc1C2. The number of quaternary nitrogens is 1. The zero-order chi connectivity index (χ0) is 26.2. The van der Waals surface area contributed by atoms with Crippen LogP contribution in [0, 0.1) is 5.92 Å². The minimum atomic E-state index is -0.00104. The summed E-state index contributed by atoms with van der Waals surface area (Å²) in [5.74, 6) is 3.17. The number of hydrogen-bond acceptors (Lipinski definition) is 3. The first-order chi connectivity index (χ1) is 19.2. The Kier molecular flexibility index (Phi) is 6.56. The van der Waals surface area contributed by atoms with E-state index in [1.54, 1.807) is 0 Å². The lowest BCUT2D eigenvalue weighted by Crippen LogP contribution is -2.67. The lowest BCUT2D eigenvalue weighted by Gasteiger charge is -2.52. The zero-order valence-corrected chi connectivity index (χ0v) is 22.8. The summed E-state index contributed by atoms with van der Waals surface area (Å²) in [4.78, 5) is 13.6. The third-order valence-electron chi connectivity index (χ3n) is 9.69. The van der Waals surface area contributed by atoms with Crippen LogP contribution in [0.5, 0.6) is 17.2 Å². The molecule has 0 radical (unpaired) electrons. The Bertz CT molecular complexity index is 1370. The first kappa shape index (κ1) is 24.7. The van der Waals surface area contributed by atoms with E-state index in [0.717, 1.165) is 59.8 Å². The van der Waals surface area contributed by atoms with Gasteiger partial charge in [-0.25, -0.2) is 0 Å². The van der Waals surface area contributed by atoms with E-state index in [-0.39, 0.29) is 11.9 Å². The molecule has 3 saturated heterocycles. The van der Waals surface area contributed by atoms with Crippen molar-refractivity contribution < 1.29 is 18.8 Å². The molecule has 5 nitrogen and oxygen atoms in total. The Balaban J connectivity index is 0.972. The van der Waals surface area contributed by atoms with Crippen molar-refractivity contribution in [3.63, 3.8) is 0 Å². The molecule has 1 aliphatic carbocycles. The normalized spacial score (nSPS) is 24.6. The Hall–Kier alpha value is -3.31. The molecule has 4 heterocycles. The van der Waals surface area contributed by atoms with E-state index in [1.807, 2.05) is 30.3 Å². The lowest BCUT2D eigenvalue weighted by atomic mass is 9.81. The number of amides is 1. The van der Waals surface area contributed by atoms with Crippen LogP contribution < -0.4 is 14.8 Å². The topological polar surface area (TPSA) is 47.6 Å². The highest BCUT2D eigenvalue weighted by atomic mass is 16.5. The number of nitrogens with one attached hydrogen (secondary N) is 1. The number of fused-ring (bicyclic) bond motifs is 6. The van der Waals surface area contributed by atoms with Crippen molar-refractivity contribution in [1.82, 2.24) is 5.32 Å². The molecule has 0 unspecified atom stereocenters. The van der Waals surface area contributed by atoms with Crippen LogP contribution in [-0.2, 0) is 19.3 Å². The van der Waals surface area contributed by atoms with Gasteiger partial charge in [-0.1, -0.05) is 36.4 Å². The zero-order valence-electron chi connectivity index (χ0n) is 22.8. The number of ether oxygens (including phenoxy) is 2. The van der Waals surface area contributed by atoms with Crippen molar-refractivity contribution in [2.24, 2.45) is 5.92 Å². The number of hydrogen-bond donors (Lipinski definition) is 1. The van der Waals surface area contributed by atoms with E-state index in [2.05, 4.69) is 35.6 Å². The van der Waals surface area contributed by atoms with Crippen LogP contribution in [0.1, 0.15) is 64.7 Å². The summed E-state index contributed by atoms with van der Waals surface area (Å²) in [5.41, 5.74) is 5.89. The standard InChI is InChI=1S/C34H38N2O3/c37-34(30-11-5-10-28-21-27-9-3-4-12-32(27)39-33(28)30)35-31-23-36(18-15-25(31)16-19-36)17-6-20-38-29-14-13-24-7-1-2-8-26(24)22-29/h3-5,9-14,22,25,31H,1-2,6-8,15-21,23H2/p+1/t25?,31-,36?/m1/s1. The molecule has 1 atom stereocenters. The molecule has 3 aromatic rings. The maximum absolute atomic E-state index is 13.6. The second kappa shape index (κ2) is 10.3. The van der Waals surface area contributed by atoms with Crippen LogP contribution >= 0.6 is 0 Å². The number of carbonyl (C=O) groups is 1. The van der Waals surface area contributed by atoms with E-state index >= 15 is 0 Å². The molecule has 0 saturated carbocycles. The molecular weight excluding hydrogens is 484 g/mol. The maximum atomic E-state index is 13.6. The van der Waals surface area contributed by atoms with Gasteiger partial charge in [0.2, 0.25) is 0 Å². The van der Waals surface area contributed by atoms with Crippen molar-refractivity contribution >= 4 is 5.91 Å². The van der Waals surface area contributed by atoms with E-state index in [0.29, 0.717) is 11.5 Å². The van der Waals surface area contributed by atoms with Gasteiger partial charge in [-0.15, -0.1) is 0 Å². The average Bonchev–Trinajstić information content (AvgIpc) is 2.98. The van der Waals surface area contributed by atoms with Crippen LogP contribution in [0.4, 0.5) is 0 Å². The summed E-state index contributed by atoms with van der Waals surface area (Å²) in [6.07, 6.45) is 9.22. The summed E-state index contributed by atoms with van der Waals surface area (Å²) in [5, 5.41) is 3.44. The minimum absolute atomic E-state index is 0.00104. The Morgan fingerprint density at radius 1 is 0.923 bits per heavy atom. The molecule has 1 N–H and O–H groups in total. The van der Waals surface area contributed by atoms with E-state index in [9.17, 15) is 4.79 Å². The molecule has 5 heteroatoms. The molecule has 3 fully saturated rings. The molecule has 0 aromatic heterocycles. The van der Waals surface area contributed by atoms with Crippen LogP contribution in [0.3, 0.4) is 0 Å². The summed E-state index contributed by atoms with van der Waals surface area (Å²) >= 11 is 0. The number of benzene rings is 3. The van der Waals surface area contributed by atoms with Gasteiger partial charge in [0.1, 0.15) is 17.2 Å². The van der Waals surface area contributed by atoms with E-state index in [4.69, 9.17) is 9.47 Å². The largest absolute Gasteiger partial charge is 0.493 e. The second-order valence-corrected chi connectivity index (χ2v) is 12.1. The molecular formula is C34H39N2O3+. The predicted molar refractivity (Wildman–Crippen MR) is 153 cm³/mol. The second-order valence-electron chi connectivity index (χ2n) is 12.1. The lowest BCUT2D eigenvalue weighted by molar-refractivity contribution is -0.944. The third kappa shape index (κ3) is 4.93. The monoisotopic (exact) mass is 523 g/mol. The number of piperidine rings is 3. The van der Waals surface area contributed by atoms with Gasteiger partial charge in [0, 0.05) is 31.2 Å². The van der Waals surface area contributed by atoms with Gasteiger partial charge in [-0.05, 0) is 72.6 Å². The molecule has 8 rings (SSSR count). The number of carbonyl (C=O) groups excluding carboxylic acids is 1. The van der Waals surface area contributed by atoms with Crippen LogP contribution in [0.15, 0.2) is 60.7 Å². The first-order valence-corrected chi connectivity index (χ1v) is 14.9. The van der Waals surface area contributed by atoms with E-state index in [1.165, 1.54) is 68.3 Å². The number of rotatable bonds is 7. The molecule has 1 amide bonds. The third-order valence-corrected chi connectivity index (χ3v) is 9.69. The van der Waals surface area contributed by atoms with Gasteiger partial charge in [0.25, 0.3) is 5.91 Å². The van der Waals surface area contributed by atoms with Gasteiger partial charge < -0.3 is 19.3 Å². The van der Waals surface area contributed by atoms with Gasteiger partial charge in [-0.3, -0.25) is 4.79 Å². The van der Waals surface area contributed by atoms with Crippen molar-refractivity contribution in [3.8, 4) is 17.2 Å². The highest BCUT2D eigenvalue weighted by molar-refractivity contribution is 5.98. The van der Waals surface area contributed by atoms with Crippen LogP contribution in [-0.4, -0.2) is 49.2 Å². The molecule has 39 heavy (non-hydrogen) atoms. The summed E-state index contributed by atoms with van der Waals surface area (Å²) in [6.45, 7) is 5.33. The van der Waals surface area contributed by atoms with Crippen LogP contribution in [0.2, 0.25) is 0 Å². The fourth-order valence-electron chi connectivity index (χ4n) is 7.49.